The van der Waals surface area contributed by atoms with Crippen LogP contribution in [0.1, 0.15) is 42.4 Å². The first kappa shape index (κ1) is 24.2. The molecular formula is C25H32ClN3O3S. The lowest BCUT2D eigenvalue weighted by molar-refractivity contribution is -0.126. The lowest BCUT2D eigenvalue weighted by atomic mass is 9.98. The molecule has 1 amide bonds. The van der Waals surface area contributed by atoms with Gasteiger partial charge in [0.05, 0.1) is 11.7 Å². The zero-order valence-corrected chi connectivity index (χ0v) is 20.5. The number of hydrogen-bond acceptors (Lipinski definition) is 4. The summed E-state index contributed by atoms with van der Waals surface area (Å²) in [5.41, 5.74) is 3.04. The van der Waals surface area contributed by atoms with Crippen LogP contribution < -0.4 is 5.32 Å². The molecule has 0 radical (unpaired) electrons. The Kier molecular flexibility index (Phi) is 8.07. The molecule has 2 aromatic rings. The van der Waals surface area contributed by atoms with Crippen LogP contribution in [0.3, 0.4) is 0 Å². The van der Waals surface area contributed by atoms with E-state index >= 15 is 0 Å². The molecule has 0 aliphatic carbocycles. The third kappa shape index (κ3) is 6.79. The molecule has 2 aliphatic heterocycles. The fraction of sp³-hybridized carbons (Fsp3) is 0.480. The number of likely N-dealkylation sites (tertiary alicyclic amines) is 1. The van der Waals surface area contributed by atoms with Crippen molar-refractivity contribution in [2.24, 2.45) is 5.92 Å². The molecule has 0 spiro atoms. The Bertz CT molecular complexity index is 1040. The van der Waals surface area contributed by atoms with Crippen LogP contribution in [0, 0.1) is 5.92 Å². The molecule has 2 aromatic carbocycles. The fourth-order valence-electron chi connectivity index (χ4n) is 4.59. The van der Waals surface area contributed by atoms with Crippen molar-refractivity contribution in [3.8, 4) is 0 Å². The van der Waals surface area contributed by atoms with Crippen molar-refractivity contribution in [3.63, 3.8) is 0 Å². The standard InChI is InChI=1S/C25H32ClN3O3S/c26-24-11-9-22(10-12-24)19-33(31,32)29-15-3-4-23(18-29)25(30)27-16-20-5-7-21(8-6-20)17-28-13-1-2-14-28/h5-12,23H,1-4,13-19H2,(H,27,30)/t23-/m0/s1. The smallest absolute Gasteiger partial charge is 0.224 e. The van der Waals surface area contributed by atoms with Crippen molar-refractivity contribution in [2.75, 3.05) is 26.2 Å². The van der Waals surface area contributed by atoms with Crippen molar-refractivity contribution in [3.05, 3.63) is 70.2 Å². The van der Waals surface area contributed by atoms with Gasteiger partial charge in [-0.25, -0.2) is 12.7 Å². The van der Waals surface area contributed by atoms with Gasteiger partial charge >= 0.3 is 0 Å². The quantitative estimate of drug-likeness (QED) is 0.612. The van der Waals surface area contributed by atoms with Gasteiger partial charge in [0.2, 0.25) is 15.9 Å². The number of amides is 1. The molecule has 1 N–H and O–H groups in total. The number of piperidine rings is 1. The molecule has 0 bridgehead atoms. The highest BCUT2D eigenvalue weighted by molar-refractivity contribution is 7.88. The zero-order valence-electron chi connectivity index (χ0n) is 18.9. The highest BCUT2D eigenvalue weighted by atomic mass is 35.5. The minimum atomic E-state index is -3.49. The summed E-state index contributed by atoms with van der Waals surface area (Å²) in [6.07, 6.45) is 3.95. The number of hydrogen-bond donors (Lipinski definition) is 1. The first-order chi connectivity index (χ1) is 15.9. The molecule has 0 unspecified atom stereocenters. The number of nitrogens with one attached hydrogen (secondary N) is 1. The Morgan fingerprint density at radius 2 is 1.55 bits per heavy atom. The maximum atomic E-state index is 12.9. The molecule has 8 heteroatoms. The van der Waals surface area contributed by atoms with Gasteiger partial charge in [0.25, 0.3) is 0 Å². The van der Waals surface area contributed by atoms with Gasteiger partial charge in [0.1, 0.15) is 0 Å². The molecule has 2 saturated heterocycles. The number of carbonyl (C=O) groups is 1. The lowest BCUT2D eigenvalue weighted by Crippen LogP contribution is -2.45. The summed E-state index contributed by atoms with van der Waals surface area (Å²) in [6.45, 7) is 4.47. The Morgan fingerprint density at radius 3 is 2.24 bits per heavy atom. The van der Waals surface area contributed by atoms with E-state index in [1.165, 1.54) is 35.8 Å². The van der Waals surface area contributed by atoms with Crippen LogP contribution in [0.4, 0.5) is 0 Å². The van der Waals surface area contributed by atoms with E-state index in [9.17, 15) is 13.2 Å². The van der Waals surface area contributed by atoms with Gasteiger partial charge in [-0.15, -0.1) is 0 Å². The predicted octanol–water partition coefficient (Wildman–Crippen LogP) is 3.79. The highest BCUT2D eigenvalue weighted by Crippen LogP contribution is 2.22. The fourth-order valence-corrected chi connectivity index (χ4v) is 6.32. The Hall–Kier alpha value is -1.93. The van der Waals surface area contributed by atoms with Gasteiger partial charge in [-0.3, -0.25) is 9.69 Å². The van der Waals surface area contributed by atoms with Crippen molar-refractivity contribution >= 4 is 27.5 Å². The summed E-state index contributed by atoms with van der Waals surface area (Å²) in [5.74, 6) is -0.488. The summed E-state index contributed by atoms with van der Waals surface area (Å²) >= 11 is 5.90. The molecule has 2 aliphatic rings. The maximum Gasteiger partial charge on any atom is 0.224 e. The average molecular weight is 490 g/mol. The minimum absolute atomic E-state index is 0.0810. The summed E-state index contributed by atoms with van der Waals surface area (Å²) in [5, 5.41) is 3.58. The van der Waals surface area contributed by atoms with Crippen LogP contribution >= 0.6 is 11.6 Å². The molecule has 33 heavy (non-hydrogen) atoms. The summed E-state index contributed by atoms with van der Waals surface area (Å²) in [6, 6.07) is 15.2. The Balaban J connectivity index is 1.28. The molecule has 0 aromatic heterocycles. The van der Waals surface area contributed by atoms with E-state index in [1.54, 1.807) is 24.3 Å². The van der Waals surface area contributed by atoms with E-state index in [1.807, 2.05) is 0 Å². The molecule has 2 heterocycles. The number of halogens is 1. The van der Waals surface area contributed by atoms with Gasteiger partial charge in [0.15, 0.2) is 0 Å². The first-order valence-corrected chi connectivity index (χ1v) is 13.7. The largest absolute Gasteiger partial charge is 0.352 e. The van der Waals surface area contributed by atoms with Crippen LogP contribution in [0.2, 0.25) is 5.02 Å². The average Bonchev–Trinajstić information content (AvgIpc) is 3.33. The van der Waals surface area contributed by atoms with Crippen molar-refractivity contribution in [1.29, 1.82) is 0 Å². The van der Waals surface area contributed by atoms with Crippen LogP contribution in [0.15, 0.2) is 48.5 Å². The SMILES string of the molecule is O=C(NCc1ccc(CN2CCCC2)cc1)[C@H]1CCCN(S(=O)(=O)Cc2ccc(Cl)cc2)C1. The molecule has 2 fully saturated rings. The van der Waals surface area contributed by atoms with Crippen LogP contribution in [0.25, 0.3) is 0 Å². The highest BCUT2D eigenvalue weighted by Gasteiger charge is 2.32. The summed E-state index contributed by atoms with van der Waals surface area (Å²) in [4.78, 5) is 15.2. The monoisotopic (exact) mass is 489 g/mol. The number of nitrogens with zero attached hydrogens (tertiary/aromatic N) is 2. The van der Waals surface area contributed by atoms with E-state index in [2.05, 4.69) is 34.5 Å². The first-order valence-electron chi connectivity index (χ1n) is 11.7. The van der Waals surface area contributed by atoms with Gasteiger partial charge in [0, 0.05) is 31.2 Å². The minimum Gasteiger partial charge on any atom is -0.352 e. The van der Waals surface area contributed by atoms with Crippen LogP contribution in [-0.4, -0.2) is 49.7 Å². The number of carbonyl (C=O) groups excluding carboxylic acids is 1. The molecule has 178 valence electrons. The van der Waals surface area contributed by atoms with E-state index in [0.29, 0.717) is 36.5 Å². The molecule has 0 saturated carbocycles. The van der Waals surface area contributed by atoms with E-state index in [0.717, 1.165) is 12.1 Å². The van der Waals surface area contributed by atoms with E-state index < -0.39 is 10.0 Å². The van der Waals surface area contributed by atoms with Gasteiger partial charge < -0.3 is 5.32 Å². The predicted molar refractivity (Wildman–Crippen MR) is 131 cm³/mol. The molecule has 6 nitrogen and oxygen atoms in total. The third-order valence-electron chi connectivity index (χ3n) is 6.51. The molecule has 4 rings (SSSR count). The molecule has 1 atom stereocenters. The second-order valence-electron chi connectivity index (χ2n) is 9.10. The van der Waals surface area contributed by atoms with E-state index in [4.69, 9.17) is 11.6 Å². The zero-order chi connectivity index (χ0) is 23.3. The number of sulfonamides is 1. The van der Waals surface area contributed by atoms with Crippen molar-refractivity contribution in [1.82, 2.24) is 14.5 Å². The molecular weight excluding hydrogens is 458 g/mol. The summed E-state index contributed by atoms with van der Waals surface area (Å²) < 4.78 is 27.3. The van der Waals surface area contributed by atoms with Gasteiger partial charge in [-0.05, 0) is 67.6 Å². The van der Waals surface area contributed by atoms with E-state index in [-0.39, 0.29) is 24.1 Å². The van der Waals surface area contributed by atoms with Gasteiger partial charge in [-0.1, -0.05) is 48.0 Å². The third-order valence-corrected chi connectivity index (χ3v) is 8.57. The van der Waals surface area contributed by atoms with Crippen molar-refractivity contribution < 1.29 is 13.2 Å². The number of rotatable bonds is 8. The van der Waals surface area contributed by atoms with Crippen LogP contribution in [0.5, 0.6) is 0 Å². The Labute approximate surface area is 202 Å². The topological polar surface area (TPSA) is 69.7 Å². The van der Waals surface area contributed by atoms with Crippen molar-refractivity contribution in [2.45, 2.75) is 44.5 Å². The van der Waals surface area contributed by atoms with Crippen LogP contribution in [-0.2, 0) is 33.7 Å². The second kappa shape index (κ2) is 11.0. The van der Waals surface area contributed by atoms with Gasteiger partial charge in [-0.2, -0.15) is 0 Å². The maximum absolute atomic E-state index is 12.9. The second-order valence-corrected chi connectivity index (χ2v) is 11.5. The lowest BCUT2D eigenvalue weighted by Gasteiger charge is -2.31. The number of benzene rings is 2. The Morgan fingerprint density at radius 1 is 0.909 bits per heavy atom. The normalized spacial score (nSPS) is 20.1. The summed E-state index contributed by atoms with van der Waals surface area (Å²) in [7, 11) is -3.49.